The maximum absolute atomic E-state index is 13.2. The molecule has 3 N–H and O–H groups in total. The first-order valence-corrected chi connectivity index (χ1v) is 11.3. The lowest BCUT2D eigenvalue weighted by Crippen LogP contribution is -2.61. The van der Waals surface area contributed by atoms with Gasteiger partial charge in [-0.25, -0.2) is 9.97 Å². The summed E-state index contributed by atoms with van der Waals surface area (Å²) in [7, 11) is 0. The van der Waals surface area contributed by atoms with E-state index in [1.54, 1.807) is 6.20 Å². The molecule has 1 aromatic rings. The fourth-order valence-electron chi connectivity index (χ4n) is 6.58. The van der Waals surface area contributed by atoms with Gasteiger partial charge in [0.2, 0.25) is 5.95 Å². The van der Waals surface area contributed by atoms with Crippen molar-refractivity contribution < 1.29 is 14.6 Å². The molecular weight excluding hydrogens is 368 g/mol. The average Bonchev–Trinajstić information content (AvgIpc) is 3.40. The molecule has 2 unspecified atom stereocenters. The van der Waals surface area contributed by atoms with Crippen LogP contribution in [0.3, 0.4) is 0 Å². The van der Waals surface area contributed by atoms with Gasteiger partial charge in [-0.15, -0.1) is 0 Å². The number of hydrogen-bond donors (Lipinski definition) is 3. The Morgan fingerprint density at radius 2 is 1.97 bits per heavy atom. The Kier molecular flexibility index (Phi) is 4.14. The largest absolute Gasteiger partial charge is 0.390 e. The Hall–Kier alpha value is -1.73. The van der Waals surface area contributed by atoms with Crippen LogP contribution in [0.2, 0.25) is 0 Å². The fraction of sp³-hybridized carbons (Fsp3) is 0.773. The number of carbonyl (C=O) groups excluding carboxylic acids is 1. The van der Waals surface area contributed by atoms with E-state index in [9.17, 15) is 9.90 Å². The third-order valence-electron chi connectivity index (χ3n) is 7.83. The van der Waals surface area contributed by atoms with Crippen molar-refractivity contribution >= 4 is 11.9 Å². The van der Waals surface area contributed by atoms with Crippen LogP contribution in [0.4, 0.5) is 5.95 Å². The van der Waals surface area contributed by atoms with Crippen LogP contribution in [0.25, 0.3) is 0 Å². The lowest BCUT2D eigenvalue weighted by molar-refractivity contribution is -0.136. The highest BCUT2D eigenvalue weighted by atomic mass is 16.5. The van der Waals surface area contributed by atoms with E-state index in [0.29, 0.717) is 41.8 Å². The molecule has 6 aliphatic rings. The number of aromatic nitrogens is 2. The molecule has 2 heterocycles. The van der Waals surface area contributed by atoms with Crippen molar-refractivity contribution in [3.8, 4) is 0 Å². The maximum atomic E-state index is 13.2. The number of aliphatic hydroxyl groups is 1. The van der Waals surface area contributed by atoms with Crippen LogP contribution in [-0.2, 0) is 4.74 Å². The van der Waals surface area contributed by atoms with Crippen molar-refractivity contribution in [2.45, 2.75) is 75.0 Å². The van der Waals surface area contributed by atoms with E-state index < -0.39 is 5.60 Å². The molecule has 1 aliphatic heterocycles. The fourth-order valence-corrected chi connectivity index (χ4v) is 6.58. The molecule has 0 aromatic carbocycles. The van der Waals surface area contributed by atoms with Gasteiger partial charge in [0.25, 0.3) is 5.91 Å². The molecule has 3 atom stereocenters. The van der Waals surface area contributed by atoms with Crippen LogP contribution in [-0.4, -0.2) is 51.9 Å². The Bertz CT molecular complexity index is 804. The molecule has 5 aliphatic carbocycles. The lowest BCUT2D eigenvalue weighted by atomic mass is 9.52. The molecule has 1 aromatic heterocycles. The number of hydrogen-bond acceptors (Lipinski definition) is 6. The van der Waals surface area contributed by atoms with Gasteiger partial charge < -0.3 is 20.5 Å². The summed E-state index contributed by atoms with van der Waals surface area (Å²) in [6.45, 7) is 1.45. The average molecular weight is 399 g/mol. The van der Waals surface area contributed by atoms with E-state index in [1.807, 2.05) is 0 Å². The van der Waals surface area contributed by atoms with E-state index >= 15 is 0 Å². The van der Waals surface area contributed by atoms with Crippen LogP contribution >= 0.6 is 0 Å². The smallest absolute Gasteiger partial charge is 0.254 e. The molecule has 5 saturated carbocycles. The van der Waals surface area contributed by atoms with Crippen molar-refractivity contribution in [2.24, 2.45) is 17.8 Å². The number of rotatable bonds is 5. The molecule has 1 saturated heterocycles. The third-order valence-corrected chi connectivity index (χ3v) is 7.83. The molecule has 156 valence electrons. The minimum absolute atomic E-state index is 0.0351. The van der Waals surface area contributed by atoms with Gasteiger partial charge >= 0.3 is 0 Å². The first-order chi connectivity index (χ1) is 14.1. The Labute approximate surface area is 171 Å². The zero-order chi connectivity index (χ0) is 19.6. The predicted molar refractivity (Wildman–Crippen MR) is 107 cm³/mol. The zero-order valence-electron chi connectivity index (χ0n) is 16.8. The summed E-state index contributed by atoms with van der Waals surface area (Å²) < 4.78 is 5.42. The van der Waals surface area contributed by atoms with Crippen molar-refractivity contribution in [1.82, 2.24) is 15.3 Å². The summed E-state index contributed by atoms with van der Waals surface area (Å²) in [6, 6.07) is 0.431. The van der Waals surface area contributed by atoms with Gasteiger partial charge in [0.15, 0.2) is 0 Å². The normalized spacial score (nSPS) is 40.2. The van der Waals surface area contributed by atoms with Gasteiger partial charge in [0, 0.05) is 24.8 Å². The number of amides is 1. The van der Waals surface area contributed by atoms with E-state index in [0.717, 1.165) is 63.7 Å². The van der Waals surface area contributed by atoms with Crippen LogP contribution < -0.4 is 10.6 Å². The molecular formula is C22H30N4O3. The Morgan fingerprint density at radius 1 is 1.17 bits per heavy atom. The number of carbonyl (C=O) groups is 1. The lowest BCUT2D eigenvalue weighted by Gasteiger charge is -2.58. The molecule has 6 fully saturated rings. The van der Waals surface area contributed by atoms with Crippen LogP contribution in [0.1, 0.15) is 73.3 Å². The van der Waals surface area contributed by atoms with Gasteiger partial charge in [0.05, 0.1) is 29.5 Å². The van der Waals surface area contributed by atoms with Gasteiger partial charge in [-0.1, -0.05) is 0 Å². The van der Waals surface area contributed by atoms with E-state index in [1.165, 1.54) is 0 Å². The number of nitrogens with one attached hydrogen (secondary N) is 2. The first-order valence-electron chi connectivity index (χ1n) is 11.3. The van der Waals surface area contributed by atoms with Gasteiger partial charge in [-0.2, -0.15) is 0 Å². The second-order valence-electron chi connectivity index (χ2n) is 10.2. The minimum atomic E-state index is -0.475. The summed E-state index contributed by atoms with van der Waals surface area (Å²) in [5.74, 6) is 2.40. The van der Waals surface area contributed by atoms with E-state index in [-0.39, 0.29) is 18.0 Å². The zero-order valence-corrected chi connectivity index (χ0v) is 16.8. The van der Waals surface area contributed by atoms with Gasteiger partial charge in [-0.3, -0.25) is 4.79 Å². The molecule has 29 heavy (non-hydrogen) atoms. The third kappa shape index (κ3) is 3.32. The monoisotopic (exact) mass is 398 g/mol. The maximum Gasteiger partial charge on any atom is 0.254 e. The summed E-state index contributed by atoms with van der Waals surface area (Å²) in [5, 5.41) is 17.5. The molecule has 4 bridgehead atoms. The number of anilines is 1. The highest BCUT2D eigenvalue weighted by molar-refractivity contribution is 5.95. The quantitative estimate of drug-likeness (QED) is 0.704. The summed E-state index contributed by atoms with van der Waals surface area (Å²) >= 11 is 0. The topological polar surface area (TPSA) is 96.4 Å². The van der Waals surface area contributed by atoms with E-state index in [2.05, 4.69) is 15.6 Å². The second-order valence-corrected chi connectivity index (χ2v) is 10.2. The molecule has 0 radical (unpaired) electrons. The van der Waals surface area contributed by atoms with Gasteiger partial charge in [0.1, 0.15) is 0 Å². The SMILES string of the molecule is O=C(N[C@H]1C2CC3CC1C[C@@](O)(C3)C2)c1cnc(N[C@H]2CCOC2)nc1C1CC1. The number of ether oxygens (including phenoxy) is 1. The molecule has 7 rings (SSSR count). The van der Waals surface area contributed by atoms with Crippen LogP contribution in [0.5, 0.6) is 0 Å². The molecule has 0 spiro atoms. The molecule has 7 heteroatoms. The number of nitrogens with zero attached hydrogens (tertiary/aromatic N) is 2. The van der Waals surface area contributed by atoms with Crippen molar-refractivity contribution in [3.05, 3.63) is 17.5 Å². The highest BCUT2D eigenvalue weighted by Gasteiger charge is 2.55. The molecule has 7 nitrogen and oxygen atoms in total. The Balaban J connectivity index is 1.20. The minimum Gasteiger partial charge on any atom is -0.390 e. The molecule has 1 amide bonds. The van der Waals surface area contributed by atoms with Crippen LogP contribution in [0.15, 0.2) is 6.20 Å². The van der Waals surface area contributed by atoms with E-state index in [4.69, 9.17) is 9.72 Å². The van der Waals surface area contributed by atoms with Crippen LogP contribution in [0, 0.1) is 17.8 Å². The van der Waals surface area contributed by atoms with Gasteiger partial charge in [-0.05, 0) is 69.1 Å². The second kappa shape index (κ2) is 6.64. The predicted octanol–water partition coefficient (Wildman–Crippen LogP) is 2.22. The first kappa shape index (κ1) is 18.1. The summed E-state index contributed by atoms with van der Waals surface area (Å²) in [6.07, 6.45) is 9.76. The van der Waals surface area contributed by atoms with Crippen molar-refractivity contribution in [2.75, 3.05) is 18.5 Å². The highest BCUT2D eigenvalue weighted by Crippen LogP contribution is 2.55. The standard InChI is InChI=1S/C22H30N4O3/c27-20(25-18-14-5-12-6-15(18)9-22(28,7-12)8-14)17-10-23-21(24-16-3-4-29-11-16)26-19(17)13-1-2-13/h10,12-16,18,28H,1-9,11H2,(H,25,27)(H,23,24,26)/t12?,14?,15?,16-,18-,22+/m0/s1. The van der Waals surface area contributed by atoms with Crippen molar-refractivity contribution in [1.29, 1.82) is 0 Å². The Morgan fingerprint density at radius 3 is 2.62 bits per heavy atom. The van der Waals surface area contributed by atoms with Crippen molar-refractivity contribution in [3.63, 3.8) is 0 Å². The summed E-state index contributed by atoms with van der Waals surface area (Å²) in [5.41, 5.74) is 1.05. The summed E-state index contributed by atoms with van der Waals surface area (Å²) in [4.78, 5) is 22.4.